The van der Waals surface area contributed by atoms with Gasteiger partial charge in [-0.2, -0.15) is 4.31 Å². The Bertz CT molecular complexity index is 623. The van der Waals surface area contributed by atoms with E-state index in [0.29, 0.717) is 33.5 Å². The summed E-state index contributed by atoms with van der Waals surface area (Å²) in [5, 5.41) is 4.01. The van der Waals surface area contributed by atoms with Crippen molar-refractivity contribution in [2.24, 2.45) is 0 Å². The van der Waals surface area contributed by atoms with Crippen LogP contribution in [0.15, 0.2) is 27.6 Å². The van der Waals surface area contributed by atoms with Gasteiger partial charge in [-0.05, 0) is 53.4 Å². The molecule has 0 spiro atoms. The minimum atomic E-state index is -3.47. The van der Waals surface area contributed by atoms with E-state index in [4.69, 9.17) is 11.6 Å². The maximum atomic E-state index is 12.8. The van der Waals surface area contributed by atoms with Gasteiger partial charge in [-0.25, -0.2) is 8.42 Å². The van der Waals surface area contributed by atoms with E-state index in [1.807, 2.05) is 0 Å². The molecule has 2 heterocycles. The molecule has 2 aliphatic heterocycles. The second-order valence-electron chi connectivity index (χ2n) is 5.36. The molecule has 7 heteroatoms. The Balaban J connectivity index is 1.91. The van der Waals surface area contributed by atoms with Crippen molar-refractivity contribution in [3.05, 3.63) is 27.7 Å². The fourth-order valence-electron chi connectivity index (χ4n) is 2.95. The number of nitrogens with zero attached hydrogens (tertiary/aromatic N) is 1. The Morgan fingerprint density at radius 1 is 1.25 bits per heavy atom. The number of hydrogen-bond acceptors (Lipinski definition) is 3. The Labute approximate surface area is 132 Å². The number of hydrogen-bond donors (Lipinski definition) is 1. The van der Waals surface area contributed by atoms with Gasteiger partial charge in [0.05, 0.1) is 4.90 Å². The van der Waals surface area contributed by atoms with Crippen molar-refractivity contribution in [1.29, 1.82) is 0 Å². The fourth-order valence-corrected chi connectivity index (χ4v) is 5.79. The van der Waals surface area contributed by atoms with E-state index in [-0.39, 0.29) is 6.04 Å². The minimum Gasteiger partial charge on any atom is -0.310 e. The van der Waals surface area contributed by atoms with E-state index in [1.54, 1.807) is 22.5 Å². The van der Waals surface area contributed by atoms with Crippen LogP contribution in [0.1, 0.15) is 19.3 Å². The molecular formula is C13H16BrClN2O2S. The number of sulfonamides is 1. The van der Waals surface area contributed by atoms with Crippen molar-refractivity contribution < 1.29 is 8.42 Å². The normalized spacial score (nSPS) is 27.5. The average molecular weight is 380 g/mol. The van der Waals surface area contributed by atoms with E-state index < -0.39 is 10.0 Å². The number of fused-ring (bicyclic) bond motifs is 2. The zero-order valence-electron chi connectivity index (χ0n) is 10.9. The summed E-state index contributed by atoms with van der Waals surface area (Å²) in [6.07, 6.45) is 3.09. The van der Waals surface area contributed by atoms with E-state index >= 15 is 0 Å². The standard InChI is InChI=1S/C13H16BrClN2O2S/c14-12-7-9(15)1-4-13(12)20(18,19)17-6-5-10-2-3-11(8-17)16-10/h1,4,7,10-11,16H,2-3,5-6,8H2. The van der Waals surface area contributed by atoms with Crippen LogP contribution in [-0.2, 0) is 10.0 Å². The van der Waals surface area contributed by atoms with Crippen LogP contribution in [0.25, 0.3) is 0 Å². The van der Waals surface area contributed by atoms with Gasteiger partial charge in [-0.3, -0.25) is 0 Å². The molecule has 20 heavy (non-hydrogen) atoms. The van der Waals surface area contributed by atoms with Crippen LogP contribution in [0.2, 0.25) is 5.02 Å². The maximum Gasteiger partial charge on any atom is 0.244 e. The summed E-state index contributed by atoms with van der Waals surface area (Å²) < 4.78 is 27.7. The molecule has 2 bridgehead atoms. The molecule has 0 radical (unpaired) electrons. The lowest BCUT2D eigenvalue weighted by molar-refractivity contribution is 0.383. The summed E-state index contributed by atoms with van der Waals surface area (Å²) in [6, 6.07) is 5.55. The third kappa shape index (κ3) is 2.76. The topological polar surface area (TPSA) is 49.4 Å². The Morgan fingerprint density at radius 2 is 2.00 bits per heavy atom. The highest BCUT2D eigenvalue weighted by Gasteiger charge is 2.35. The molecule has 2 atom stereocenters. The molecule has 4 nitrogen and oxygen atoms in total. The van der Waals surface area contributed by atoms with Crippen LogP contribution in [-0.4, -0.2) is 37.9 Å². The van der Waals surface area contributed by atoms with Crippen molar-refractivity contribution in [2.45, 2.75) is 36.2 Å². The first-order valence-corrected chi connectivity index (χ1v) is 9.29. The lowest BCUT2D eigenvalue weighted by Crippen LogP contribution is -2.39. The Hall–Kier alpha value is -0.140. The van der Waals surface area contributed by atoms with Crippen LogP contribution in [0.4, 0.5) is 0 Å². The van der Waals surface area contributed by atoms with E-state index in [0.717, 1.165) is 19.3 Å². The summed E-state index contributed by atoms with van der Waals surface area (Å²) in [6.45, 7) is 1.12. The molecule has 0 saturated carbocycles. The van der Waals surface area contributed by atoms with Gasteiger partial charge in [-0.1, -0.05) is 11.6 Å². The number of halogens is 2. The molecule has 110 valence electrons. The minimum absolute atomic E-state index is 0.281. The second kappa shape index (κ2) is 5.57. The predicted octanol–water partition coefficient (Wildman–Crippen LogP) is 2.62. The molecule has 2 fully saturated rings. The molecule has 1 aromatic carbocycles. The van der Waals surface area contributed by atoms with Crippen LogP contribution in [0, 0.1) is 0 Å². The van der Waals surface area contributed by atoms with Gasteiger partial charge < -0.3 is 5.32 Å². The van der Waals surface area contributed by atoms with Gasteiger partial charge >= 0.3 is 0 Å². The van der Waals surface area contributed by atoms with Crippen LogP contribution >= 0.6 is 27.5 Å². The summed E-state index contributed by atoms with van der Waals surface area (Å²) in [7, 11) is -3.47. The lowest BCUT2D eigenvalue weighted by Gasteiger charge is -2.24. The first-order valence-electron chi connectivity index (χ1n) is 6.68. The number of nitrogens with one attached hydrogen (secondary N) is 1. The highest BCUT2D eigenvalue weighted by Crippen LogP contribution is 2.30. The fraction of sp³-hybridized carbons (Fsp3) is 0.538. The predicted molar refractivity (Wildman–Crippen MR) is 82.5 cm³/mol. The molecule has 2 unspecified atom stereocenters. The summed E-state index contributed by atoms with van der Waals surface area (Å²) in [4.78, 5) is 0.291. The van der Waals surface area contributed by atoms with Gasteiger partial charge in [0.25, 0.3) is 0 Å². The van der Waals surface area contributed by atoms with Crippen LogP contribution < -0.4 is 5.32 Å². The number of rotatable bonds is 2. The molecular weight excluding hydrogens is 364 g/mol. The van der Waals surface area contributed by atoms with E-state index in [1.165, 1.54) is 0 Å². The Kier molecular flexibility index (Phi) is 4.12. The Morgan fingerprint density at radius 3 is 2.75 bits per heavy atom. The smallest absolute Gasteiger partial charge is 0.244 e. The third-order valence-electron chi connectivity index (χ3n) is 4.00. The average Bonchev–Trinajstić information content (AvgIpc) is 2.67. The molecule has 2 saturated heterocycles. The monoisotopic (exact) mass is 378 g/mol. The molecule has 1 aromatic rings. The molecule has 0 amide bonds. The van der Waals surface area contributed by atoms with Crippen LogP contribution in [0.3, 0.4) is 0 Å². The van der Waals surface area contributed by atoms with Crippen molar-refractivity contribution in [1.82, 2.24) is 9.62 Å². The first kappa shape index (κ1) is 14.8. The molecule has 1 N–H and O–H groups in total. The zero-order valence-corrected chi connectivity index (χ0v) is 14.0. The van der Waals surface area contributed by atoms with E-state index in [9.17, 15) is 8.42 Å². The van der Waals surface area contributed by atoms with Gasteiger partial charge in [-0.15, -0.1) is 0 Å². The van der Waals surface area contributed by atoms with Gasteiger partial charge in [0.15, 0.2) is 0 Å². The summed E-state index contributed by atoms with van der Waals surface area (Å²) >= 11 is 9.19. The highest BCUT2D eigenvalue weighted by atomic mass is 79.9. The van der Waals surface area contributed by atoms with Crippen LogP contribution in [0.5, 0.6) is 0 Å². The zero-order chi connectivity index (χ0) is 14.3. The van der Waals surface area contributed by atoms with Crippen molar-refractivity contribution in [2.75, 3.05) is 13.1 Å². The lowest BCUT2D eigenvalue weighted by atomic mass is 10.1. The largest absolute Gasteiger partial charge is 0.310 e. The maximum absolute atomic E-state index is 12.8. The van der Waals surface area contributed by atoms with Gasteiger partial charge in [0, 0.05) is 34.7 Å². The summed E-state index contributed by atoms with van der Waals surface area (Å²) in [5.41, 5.74) is 0. The van der Waals surface area contributed by atoms with Crippen molar-refractivity contribution in [3.8, 4) is 0 Å². The summed E-state index contributed by atoms with van der Waals surface area (Å²) in [5.74, 6) is 0. The number of benzene rings is 1. The first-order chi connectivity index (χ1) is 9.46. The van der Waals surface area contributed by atoms with Crippen molar-refractivity contribution in [3.63, 3.8) is 0 Å². The van der Waals surface area contributed by atoms with E-state index in [2.05, 4.69) is 21.2 Å². The molecule has 3 rings (SSSR count). The highest BCUT2D eigenvalue weighted by molar-refractivity contribution is 9.10. The molecule has 0 aromatic heterocycles. The van der Waals surface area contributed by atoms with Gasteiger partial charge in [0.1, 0.15) is 0 Å². The molecule has 0 aliphatic carbocycles. The SMILES string of the molecule is O=S(=O)(c1ccc(Cl)cc1Br)N1CCC2CCC(C1)N2. The van der Waals surface area contributed by atoms with Gasteiger partial charge in [0.2, 0.25) is 10.0 Å². The molecule has 2 aliphatic rings. The third-order valence-corrected chi connectivity index (χ3v) is 7.07. The quantitative estimate of drug-likeness (QED) is 0.859. The van der Waals surface area contributed by atoms with Crippen molar-refractivity contribution >= 4 is 37.6 Å². The second-order valence-corrected chi connectivity index (χ2v) is 8.56.